The average molecular weight is 620 g/mol. The van der Waals surface area contributed by atoms with E-state index in [1.807, 2.05) is 51.1 Å². The number of nitrogens with zero attached hydrogens (tertiary/aromatic N) is 2. The van der Waals surface area contributed by atoms with E-state index in [1.54, 1.807) is 49.4 Å². The summed E-state index contributed by atoms with van der Waals surface area (Å²) in [5, 5.41) is 4.70. The number of rotatable bonds is 12. The molecule has 10 heteroatoms. The first-order chi connectivity index (χ1) is 20.6. The van der Waals surface area contributed by atoms with Crippen LogP contribution in [0.25, 0.3) is 0 Å². The lowest BCUT2D eigenvalue weighted by Crippen LogP contribution is -2.40. The predicted octanol–water partition coefficient (Wildman–Crippen LogP) is 6.59. The van der Waals surface area contributed by atoms with Crippen molar-refractivity contribution in [2.24, 2.45) is 5.10 Å². The van der Waals surface area contributed by atoms with Gasteiger partial charge in [0.15, 0.2) is 11.5 Å². The van der Waals surface area contributed by atoms with Gasteiger partial charge in [0.2, 0.25) is 0 Å². The number of hydrogen-bond acceptors (Lipinski definition) is 6. The van der Waals surface area contributed by atoms with E-state index in [0.29, 0.717) is 41.0 Å². The highest BCUT2D eigenvalue weighted by Crippen LogP contribution is 2.30. The van der Waals surface area contributed by atoms with Gasteiger partial charge >= 0.3 is 0 Å². The van der Waals surface area contributed by atoms with Crippen LogP contribution in [0.3, 0.4) is 0 Å². The lowest BCUT2D eigenvalue weighted by molar-refractivity contribution is -0.119. The molecule has 0 aliphatic rings. The number of aryl methyl sites for hydroxylation is 3. The zero-order valence-corrected chi connectivity index (χ0v) is 26.1. The fourth-order valence-corrected chi connectivity index (χ4v) is 5.94. The maximum Gasteiger partial charge on any atom is 0.264 e. The minimum absolute atomic E-state index is 0.0939. The average Bonchev–Trinajstić information content (AvgIpc) is 2.97. The number of sulfonamides is 1. The summed E-state index contributed by atoms with van der Waals surface area (Å²) in [6.07, 6.45) is 1.46. The van der Waals surface area contributed by atoms with E-state index in [9.17, 15) is 13.2 Å². The van der Waals surface area contributed by atoms with Crippen molar-refractivity contribution in [3.05, 3.63) is 118 Å². The summed E-state index contributed by atoms with van der Waals surface area (Å²) in [6, 6.07) is 24.7. The third kappa shape index (κ3) is 8.37. The van der Waals surface area contributed by atoms with Gasteiger partial charge in [0.05, 0.1) is 23.4 Å². The van der Waals surface area contributed by atoms with Crippen LogP contribution in [-0.4, -0.2) is 33.7 Å². The molecule has 0 atom stereocenters. The third-order valence-electron chi connectivity index (χ3n) is 6.48. The second-order valence-corrected chi connectivity index (χ2v) is 12.3. The van der Waals surface area contributed by atoms with Gasteiger partial charge in [-0.25, -0.2) is 13.8 Å². The van der Waals surface area contributed by atoms with Crippen LogP contribution in [0.2, 0.25) is 5.02 Å². The number of halogens is 1. The van der Waals surface area contributed by atoms with Gasteiger partial charge in [-0.2, -0.15) is 5.10 Å². The summed E-state index contributed by atoms with van der Waals surface area (Å²) >= 11 is 6.07. The Bertz CT molecular complexity index is 1720. The second-order valence-electron chi connectivity index (χ2n) is 9.97. The first-order valence-corrected chi connectivity index (χ1v) is 15.5. The van der Waals surface area contributed by atoms with Gasteiger partial charge in [-0.1, -0.05) is 53.6 Å². The minimum atomic E-state index is -4.04. The summed E-state index contributed by atoms with van der Waals surface area (Å²) in [5.74, 6) is 0.470. The highest BCUT2D eigenvalue weighted by molar-refractivity contribution is 7.92. The van der Waals surface area contributed by atoms with Crippen molar-refractivity contribution >= 4 is 39.4 Å². The molecule has 0 bridgehead atoms. The Morgan fingerprint density at radius 2 is 1.65 bits per heavy atom. The largest absolute Gasteiger partial charge is 0.490 e. The van der Waals surface area contributed by atoms with Gasteiger partial charge < -0.3 is 9.47 Å². The molecule has 0 heterocycles. The summed E-state index contributed by atoms with van der Waals surface area (Å²) in [5.41, 5.74) is 6.97. The number of nitrogens with one attached hydrogen (secondary N) is 1. The molecule has 0 fully saturated rings. The van der Waals surface area contributed by atoms with Crippen molar-refractivity contribution in [3.8, 4) is 11.5 Å². The summed E-state index contributed by atoms with van der Waals surface area (Å²) in [6.45, 7) is 7.70. The molecule has 1 N–H and O–H groups in total. The van der Waals surface area contributed by atoms with Crippen LogP contribution in [0.1, 0.15) is 34.7 Å². The van der Waals surface area contributed by atoms with Crippen molar-refractivity contribution in [1.29, 1.82) is 0 Å². The Kier molecular flexibility index (Phi) is 10.4. The summed E-state index contributed by atoms with van der Waals surface area (Å²) < 4.78 is 40.2. The van der Waals surface area contributed by atoms with Crippen LogP contribution < -0.4 is 19.2 Å². The number of hydrazone groups is 1. The van der Waals surface area contributed by atoms with E-state index < -0.39 is 22.5 Å². The summed E-state index contributed by atoms with van der Waals surface area (Å²) in [7, 11) is -4.04. The molecule has 224 valence electrons. The van der Waals surface area contributed by atoms with Crippen LogP contribution in [0, 0.1) is 20.8 Å². The van der Waals surface area contributed by atoms with Crippen LogP contribution >= 0.6 is 11.6 Å². The highest BCUT2D eigenvalue weighted by Gasteiger charge is 2.28. The van der Waals surface area contributed by atoms with Crippen molar-refractivity contribution < 1.29 is 22.7 Å². The standard InChI is InChI=1S/C33H34ClN3O5S/c1-5-41-32-19-26(13-16-31(32)42-22-27-7-6-8-28(34)18-27)20-35-36-33(38)21-37(30-17-24(3)9-12-25(30)4)43(39,40)29-14-10-23(2)11-15-29/h6-20H,5,21-22H2,1-4H3,(H,36,38)/b35-20-. The number of anilines is 1. The molecule has 0 spiro atoms. The molecular formula is C33H34ClN3O5S. The highest BCUT2D eigenvalue weighted by atomic mass is 35.5. The van der Waals surface area contributed by atoms with Gasteiger partial charge in [-0.3, -0.25) is 9.10 Å². The Hall–Kier alpha value is -4.34. The van der Waals surface area contributed by atoms with Gasteiger partial charge in [0, 0.05) is 5.02 Å². The molecule has 8 nitrogen and oxygen atoms in total. The summed E-state index contributed by atoms with van der Waals surface area (Å²) in [4.78, 5) is 13.1. The van der Waals surface area contributed by atoms with Crippen LogP contribution in [-0.2, 0) is 21.4 Å². The quantitative estimate of drug-likeness (QED) is 0.143. The molecule has 0 saturated heterocycles. The second kappa shape index (κ2) is 14.2. The van der Waals surface area contributed by atoms with Gasteiger partial charge in [0.25, 0.3) is 15.9 Å². The molecule has 0 saturated carbocycles. The predicted molar refractivity (Wildman–Crippen MR) is 171 cm³/mol. The number of carbonyl (C=O) groups excluding carboxylic acids is 1. The number of benzene rings is 4. The Labute approximate surface area is 258 Å². The number of hydrogen-bond donors (Lipinski definition) is 1. The van der Waals surface area contributed by atoms with E-state index in [-0.39, 0.29) is 4.90 Å². The first-order valence-electron chi connectivity index (χ1n) is 13.7. The maximum absolute atomic E-state index is 13.7. The molecule has 4 aromatic rings. The van der Waals surface area contributed by atoms with E-state index >= 15 is 0 Å². The van der Waals surface area contributed by atoms with E-state index in [1.165, 1.54) is 18.3 Å². The maximum atomic E-state index is 13.7. The fraction of sp³-hybridized carbons (Fsp3) is 0.212. The lowest BCUT2D eigenvalue weighted by Gasteiger charge is -2.25. The topological polar surface area (TPSA) is 97.3 Å². The fourth-order valence-electron chi connectivity index (χ4n) is 4.25. The molecule has 4 aromatic carbocycles. The molecule has 1 amide bonds. The molecule has 0 unspecified atom stereocenters. The first kappa shape index (κ1) is 31.6. The monoisotopic (exact) mass is 619 g/mol. The van der Waals surface area contributed by atoms with E-state index in [4.69, 9.17) is 21.1 Å². The van der Waals surface area contributed by atoms with Crippen molar-refractivity contribution in [3.63, 3.8) is 0 Å². The lowest BCUT2D eigenvalue weighted by atomic mass is 10.1. The minimum Gasteiger partial charge on any atom is -0.490 e. The Morgan fingerprint density at radius 1 is 0.907 bits per heavy atom. The smallest absolute Gasteiger partial charge is 0.264 e. The normalized spacial score (nSPS) is 11.4. The third-order valence-corrected chi connectivity index (χ3v) is 8.49. The van der Waals surface area contributed by atoms with Gasteiger partial charge in [-0.15, -0.1) is 0 Å². The molecule has 0 aliphatic heterocycles. The number of amides is 1. The Balaban J connectivity index is 1.50. The van der Waals surface area contributed by atoms with Crippen LogP contribution in [0.15, 0.2) is 94.9 Å². The van der Waals surface area contributed by atoms with Crippen molar-refractivity contribution in [1.82, 2.24) is 5.43 Å². The molecular weight excluding hydrogens is 586 g/mol. The molecule has 0 aromatic heterocycles. The zero-order valence-electron chi connectivity index (χ0n) is 24.5. The number of carbonyl (C=O) groups is 1. The van der Waals surface area contributed by atoms with Gasteiger partial charge in [-0.05, 0) is 98.5 Å². The van der Waals surface area contributed by atoms with E-state index in [0.717, 1.165) is 26.6 Å². The van der Waals surface area contributed by atoms with E-state index in [2.05, 4.69) is 10.5 Å². The Morgan fingerprint density at radius 3 is 2.37 bits per heavy atom. The van der Waals surface area contributed by atoms with Crippen molar-refractivity contribution in [2.75, 3.05) is 17.5 Å². The van der Waals surface area contributed by atoms with Crippen LogP contribution in [0.4, 0.5) is 5.69 Å². The van der Waals surface area contributed by atoms with Crippen molar-refractivity contribution in [2.45, 2.75) is 39.2 Å². The molecule has 4 rings (SSSR count). The zero-order chi connectivity index (χ0) is 31.0. The molecule has 0 radical (unpaired) electrons. The van der Waals surface area contributed by atoms with Gasteiger partial charge in [0.1, 0.15) is 13.2 Å². The number of ether oxygens (including phenoxy) is 2. The SMILES string of the molecule is CCOc1cc(/C=N\NC(=O)CN(c2cc(C)ccc2C)S(=O)(=O)c2ccc(C)cc2)ccc1OCc1cccc(Cl)c1. The molecule has 0 aliphatic carbocycles. The molecule has 43 heavy (non-hydrogen) atoms. The van der Waals surface area contributed by atoms with Crippen LogP contribution in [0.5, 0.6) is 11.5 Å².